The Kier molecular flexibility index (Phi) is 6.24. The minimum Gasteiger partial charge on any atom is -0.355 e. The lowest BCUT2D eigenvalue weighted by molar-refractivity contribution is -0.122. The second-order valence-corrected chi connectivity index (χ2v) is 6.41. The summed E-state index contributed by atoms with van der Waals surface area (Å²) >= 11 is 0. The fourth-order valence-corrected chi connectivity index (χ4v) is 3.08. The van der Waals surface area contributed by atoms with Crippen LogP contribution >= 0.6 is 0 Å². The molecule has 1 amide bonds. The van der Waals surface area contributed by atoms with Crippen LogP contribution in [0.5, 0.6) is 0 Å². The van der Waals surface area contributed by atoms with Crippen molar-refractivity contribution in [3.63, 3.8) is 0 Å². The first-order valence-electron chi connectivity index (χ1n) is 8.15. The number of carbonyl (C=O) groups is 1. The second kappa shape index (κ2) is 8.18. The Morgan fingerprint density at radius 3 is 2.67 bits per heavy atom. The Hall–Kier alpha value is -1.35. The summed E-state index contributed by atoms with van der Waals surface area (Å²) in [6.45, 7) is 4.27. The zero-order valence-electron chi connectivity index (χ0n) is 13.4. The molecule has 0 saturated heterocycles. The Bertz CT molecular complexity index is 452. The van der Waals surface area contributed by atoms with Gasteiger partial charge in [0.2, 0.25) is 5.91 Å². The monoisotopic (exact) mass is 288 g/mol. The molecule has 0 bridgehead atoms. The van der Waals surface area contributed by atoms with Gasteiger partial charge in [0.15, 0.2) is 0 Å². The van der Waals surface area contributed by atoms with E-state index in [1.807, 2.05) is 7.05 Å². The van der Waals surface area contributed by atoms with Crippen LogP contribution in [0.25, 0.3) is 0 Å². The van der Waals surface area contributed by atoms with Gasteiger partial charge in [0.05, 0.1) is 6.54 Å². The molecule has 1 saturated carbocycles. The number of nitrogens with one attached hydrogen (secondary N) is 1. The highest BCUT2D eigenvalue weighted by molar-refractivity contribution is 5.77. The fraction of sp³-hybridized carbons (Fsp3) is 0.611. The molecular weight excluding hydrogens is 260 g/mol. The number of amides is 1. The summed E-state index contributed by atoms with van der Waals surface area (Å²) in [5.74, 6) is 0.848. The van der Waals surface area contributed by atoms with Crippen molar-refractivity contribution in [2.75, 3.05) is 20.1 Å². The number of benzene rings is 1. The molecular formula is C18H28N2O. The predicted octanol–water partition coefficient (Wildman–Crippen LogP) is 3.12. The summed E-state index contributed by atoms with van der Waals surface area (Å²) in [6, 6.07) is 8.35. The first-order valence-corrected chi connectivity index (χ1v) is 8.15. The van der Waals surface area contributed by atoms with E-state index >= 15 is 0 Å². The topological polar surface area (TPSA) is 32.3 Å². The summed E-state index contributed by atoms with van der Waals surface area (Å²) in [5.41, 5.74) is 2.58. The van der Waals surface area contributed by atoms with Crippen LogP contribution in [0.15, 0.2) is 24.3 Å². The van der Waals surface area contributed by atoms with Gasteiger partial charge < -0.3 is 5.32 Å². The molecule has 0 atom stereocenters. The van der Waals surface area contributed by atoms with Crippen LogP contribution in [0.4, 0.5) is 0 Å². The third-order valence-corrected chi connectivity index (χ3v) is 4.43. The zero-order chi connectivity index (χ0) is 15.1. The number of hydrogen-bond acceptors (Lipinski definition) is 2. The van der Waals surface area contributed by atoms with Gasteiger partial charge in [0.25, 0.3) is 0 Å². The van der Waals surface area contributed by atoms with Crippen molar-refractivity contribution in [1.82, 2.24) is 10.2 Å². The average molecular weight is 288 g/mol. The molecule has 1 aromatic carbocycles. The Morgan fingerprint density at radius 1 is 1.24 bits per heavy atom. The van der Waals surface area contributed by atoms with Gasteiger partial charge in [0.1, 0.15) is 0 Å². The Labute approximate surface area is 128 Å². The number of nitrogens with zero attached hydrogens (tertiary/aromatic N) is 1. The minimum atomic E-state index is 0.150. The van der Waals surface area contributed by atoms with E-state index in [9.17, 15) is 4.79 Å². The van der Waals surface area contributed by atoms with Crippen LogP contribution in [-0.2, 0) is 11.3 Å². The third-order valence-electron chi connectivity index (χ3n) is 4.43. The van der Waals surface area contributed by atoms with Crippen molar-refractivity contribution in [2.24, 2.45) is 5.92 Å². The predicted molar refractivity (Wildman–Crippen MR) is 87.1 cm³/mol. The third kappa shape index (κ3) is 5.50. The lowest BCUT2D eigenvalue weighted by atomic mass is 9.89. The Balaban J connectivity index is 1.70. The normalized spacial score (nSPS) is 16.1. The van der Waals surface area contributed by atoms with Crippen molar-refractivity contribution in [3.8, 4) is 0 Å². The van der Waals surface area contributed by atoms with Gasteiger partial charge in [-0.3, -0.25) is 9.69 Å². The van der Waals surface area contributed by atoms with Crippen LogP contribution in [0.1, 0.15) is 43.2 Å². The molecule has 0 aromatic heterocycles. The highest BCUT2D eigenvalue weighted by Crippen LogP contribution is 2.22. The van der Waals surface area contributed by atoms with Crippen LogP contribution in [0.2, 0.25) is 0 Å². The van der Waals surface area contributed by atoms with Crippen LogP contribution in [0, 0.1) is 12.8 Å². The number of hydrogen-bond donors (Lipinski definition) is 1. The molecule has 116 valence electrons. The van der Waals surface area contributed by atoms with Crippen LogP contribution in [0.3, 0.4) is 0 Å². The van der Waals surface area contributed by atoms with E-state index < -0.39 is 0 Å². The van der Waals surface area contributed by atoms with Gasteiger partial charge in [-0.1, -0.05) is 43.5 Å². The largest absolute Gasteiger partial charge is 0.355 e. The van der Waals surface area contributed by atoms with Gasteiger partial charge in [-0.15, -0.1) is 0 Å². The maximum Gasteiger partial charge on any atom is 0.234 e. The summed E-state index contributed by atoms with van der Waals surface area (Å²) in [6.07, 6.45) is 6.57. The number of carbonyl (C=O) groups excluding carboxylic acids is 1. The van der Waals surface area contributed by atoms with E-state index in [0.717, 1.165) is 13.1 Å². The molecule has 2 rings (SSSR count). The number of rotatable bonds is 6. The van der Waals surface area contributed by atoms with Crippen molar-refractivity contribution in [3.05, 3.63) is 35.4 Å². The summed E-state index contributed by atoms with van der Waals surface area (Å²) in [4.78, 5) is 14.1. The van der Waals surface area contributed by atoms with E-state index in [2.05, 4.69) is 41.4 Å². The SMILES string of the molecule is Cc1ccccc1CN(C)CC(=O)NCC1CCCCC1. The van der Waals surface area contributed by atoms with Crippen molar-refractivity contribution in [1.29, 1.82) is 0 Å². The van der Waals surface area contributed by atoms with Gasteiger partial charge in [0, 0.05) is 13.1 Å². The van der Waals surface area contributed by atoms with Gasteiger partial charge in [-0.05, 0) is 43.9 Å². The quantitative estimate of drug-likeness (QED) is 0.872. The molecule has 1 aliphatic carbocycles. The van der Waals surface area contributed by atoms with Gasteiger partial charge in [-0.25, -0.2) is 0 Å². The van der Waals surface area contributed by atoms with E-state index in [1.54, 1.807) is 0 Å². The molecule has 1 fully saturated rings. The summed E-state index contributed by atoms with van der Waals surface area (Å²) in [7, 11) is 2.01. The first kappa shape index (κ1) is 16.0. The highest BCUT2D eigenvalue weighted by atomic mass is 16.2. The van der Waals surface area contributed by atoms with Crippen molar-refractivity contribution < 1.29 is 4.79 Å². The molecule has 3 heteroatoms. The highest BCUT2D eigenvalue weighted by Gasteiger charge is 2.15. The van der Waals surface area contributed by atoms with Crippen molar-refractivity contribution in [2.45, 2.75) is 45.6 Å². The fourth-order valence-electron chi connectivity index (χ4n) is 3.08. The average Bonchev–Trinajstić information content (AvgIpc) is 2.48. The first-order chi connectivity index (χ1) is 10.1. The van der Waals surface area contributed by atoms with Gasteiger partial charge in [-0.2, -0.15) is 0 Å². The molecule has 0 radical (unpaired) electrons. The number of aryl methyl sites for hydroxylation is 1. The van der Waals surface area contributed by atoms with Gasteiger partial charge >= 0.3 is 0 Å². The van der Waals surface area contributed by atoms with E-state index in [-0.39, 0.29) is 5.91 Å². The zero-order valence-corrected chi connectivity index (χ0v) is 13.4. The van der Waals surface area contributed by atoms with E-state index in [0.29, 0.717) is 12.5 Å². The molecule has 3 nitrogen and oxygen atoms in total. The standard InChI is InChI=1S/C18H28N2O/c1-15-8-6-7-11-17(15)13-20(2)14-18(21)19-12-16-9-4-3-5-10-16/h6-8,11,16H,3-5,9-10,12-14H2,1-2H3,(H,19,21). The molecule has 0 aliphatic heterocycles. The minimum absolute atomic E-state index is 0.150. The molecule has 21 heavy (non-hydrogen) atoms. The van der Waals surface area contributed by atoms with E-state index in [4.69, 9.17) is 0 Å². The second-order valence-electron chi connectivity index (χ2n) is 6.41. The molecule has 0 spiro atoms. The molecule has 1 N–H and O–H groups in total. The molecule has 1 aliphatic rings. The van der Waals surface area contributed by atoms with Crippen LogP contribution < -0.4 is 5.32 Å². The van der Waals surface area contributed by atoms with Crippen LogP contribution in [-0.4, -0.2) is 30.9 Å². The Morgan fingerprint density at radius 2 is 1.95 bits per heavy atom. The summed E-state index contributed by atoms with van der Waals surface area (Å²) in [5, 5.41) is 3.10. The lowest BCUT2D eigenvalue weighted by Gasteiger charge is -2.23. The number of likely N-dealkylation sites (N-methyl/N-ethyl adjacent to an activating group) is 1. The molecule has 0 unspecified atom stereocenters. The maximum atomic E-state index is 12.0. The summed E-state index contributed by atoms with van der Waals surface area (Å²) < 4.78 is 0. The molecule has 0 heterocycles. The smallest absolute Gasteiger partial charge is 0.234 e. The molecule has 1 aromatic rings. The van der Waals surface area contributed by atoms with Crippen molar-refractivity contribution >= 4 is 5.91 Å². The lowest BCUT2D eigenvalue weighted by Crippen LogP contribution is -2.37. The van der Waals surface area contributed by atoms with E-state index in [1.165, 1.54) is 43.2 Å². The maximum absolute atomic E-state index is 12.0.